The third-order valence-electron chi connectivity index (χ3n) is 3.56. The molecule has 124 valence electrons. The molecule has 0 radical (unpaired) electrons. The van der Waals surface area contributed by atoms with Gasteiger partial charge in [-0.05, 0) is 49.2 Å². The van der Waals surface area contributed by atoms with Gasteiger partial charge < -0.3 is 15.6 Å². The zero-order chi connectivity index (χ0) is 17.0. The molecule has 3 N–H and O–H groups in total. The molecular weight excluding hydrogens is 324 g/mol. The van der Waals surface area contributed by atoms with Crippen LogP contribution in [0.2, 0.25) is 5.02 Å². The molecule has 2 aromatic rings. The van der Waals surface area contributed by atoms with Gasteiger partial charge in [-0.3, -0.25) is 0 Å². The van der Waals surface area contributed by atoms with E-state index in [1.54, 1.807) is 19.1 Å². The van der Waals surface area contributed by atoms with Crippen molar-refractivity contribution in [2.75, 3.05) is 13.2 Å². The lowest BCUT2D eigenvalue weighted by Crippen LogP contribution is -2.16. The van der Waals surface area contributed by atoms with E-state index in [9.17, 15) is 13.9 Å². The van der Waals surface area contributed by atoms with Crippen LogP contribution in [-0.2, 0) is 6.42 Å². The van der Waals surface area contributed by atoms with Crippen molar-refractivity contribution in [3.05, 3.63) is 58.1 Å². The first-order valence-electron chi connectivity index (χ1n) is 7.25. The van der Waals surface area contributed by atoms with Crippen LogP contribution < -0.4 is 10.5 Å². The SMILES string of the molecule is CCOc1cc(CC(CN)c2ccc(F)cc2F)cc(Cl)c1O. The molecule has 0 aliphatic rings. The minimum atomic E-state index is -0.631. The molecule has 2 rings (SSSR count). The number of nitrogens with two attached hydrogens (primary N) is 1. The molecule has 0 saturated heterocycles. The first kappa shape index (κ1) is 17.5. The van der Waals surface area contributed by atoms with Crippen LogP contribution in [-0.4, -0.2) is 18.3 Å². The summed E-state index contributed by atoms with van der Waals surface area (Å²) in [5.74, 6) is -1.46. The summed E-state index contributed by atoms with van der Waals surface area (Å²) in [6, 6.07) is 6.68. The highest BCUT2D eigenvalue weighted by Gasteiger charge is 2.18. The van der Waals surface area contributed by atoms with Gasteiger partial charge in [-0.15, -0.1) is 0 Å². The Morgan fingerprint density at radius 2 is 2.00 bits per heavy atom. The lowest BCUT2D eigenvalue weighted by molar-refractivity contribution is 0.318. The maximum atomic E-state index is 13.9. The molecule has 0 aliphatic heterocycles. The molecule has 0 bridgehead atoms. The molecule has 1 atom stereocenters. The van der Waals surface area contributed by atoms with Crippen LogP contribution in [0.25, 0.3) is 0 Å². The lowest BCUT2D eigenvalue weighted by Gasteiger charge is -2.17. The smallest absolute Gasteiger partial charge is 0.176 e. The minimum absolute atomic E-state index is 0.130. The van der Waals surface area contributed by atoms with E-state index in [2.05, 4.69) is 0 Å². The van der Waals surface area contributed by atoms with E-state index in [-0.39, 0.29) is 29.0 Å². The molecule has 0 aliphatic carbocycles. The van der Waals surface area contributed by atoms with E-state index in [1.807, 2.05) is 0 Å². The molecule has 6 heteroatoms. The number of phenols is 1. The van der Waals surface area contributed by atoms with Gasteiger partial charge in [-0.25, -0.2) is 8.78 Å². The van der Waals surface area contributed by atoms with Crippen LogP contribution in [0.3, 0.4) is 0 Å². The number of hydrogen-bond acceptors (Lipinski definition) is 3. The Hall–Kier alpha value is -1.85. The summed E-state index contributed by atoms with van der Waals surface area (Å²) in [6.45, 7) is 2.35. The van der Waals surface area contributed by atoms with Crippen molar-refractivity contribution < 1.29 is 18.6 Å². The van der Waals surface area contributed by atoms with E-state index >= 15 is 0 Å². The minimum Gasteiger partial charge on any atom is -0.503 e. The largest absolute Gasteiger partial charge is 0.503 e. The highest BCUT2D eigenvalue weighted by atomic mass is 35.5. The Morgan fingerprint density at radius 3 is 2.61 bits per heavy atom. The quantitative estimate of drug-likeness (QED) is 0.834. The van der Waals surface area contributed by atoms with Crippen molar-refractivity contribution in [3.63, 3.8) is 0 Å². The highest BCUT2D eigenvalue weighted by Crippen LogP contribution is 2.36. The van der Waals surface area contributed by atoms with E-state index in [1.165, 1.54) is 12.1 Å². The molecule has 23 heavy (non-hydrogen) atoms. The first-order chi connectivity index (χ1) is 11.0. The van der Waals surface area contributed by atoms with E-state index in [4.69, 9.17) is 22.1 Å². The zero-order valence-electron chi connectivity index (χ0n) is 12.7. The van der Waals surface area contributed by atoms with Crippen LogP contribution in [0, 0.1) is 11.6 Å². The van der Waals surface area contributed by atoms with Crippen LogP contribution in [0.4, 0.5) is 8.78 Å². The third kappa shape index (κ3) is 4.12. The Kier molecular flexibility index (Phi) is 5.80. The van der Waals surface area contributed by atoms with E-state index in [0.29, 0.717) is 18.6 Å². The van der Waals surface area contributed by atoms with Crippen LogP contribution >= 0.6 is 11.6 Å². The zero-order valence-corrected chi connectivity index (χ0v) is 13.4. The van der Waals surface area contributed by atoms with Crippen molar-refractivity contribution in [2.24, 2.45) is 5.73 Å². The molecule has 0 aromatic heterocycles. The van der Waals surface area contributed by atoms with Crippen LogP contribution in [0.5, 0.6) is 11.5 Å². The van der Waals surface area contributed by atoms with Crippen LogP contribution in [0.1, 0.15) is 24.0 Å². The second kappa shape index (κ2) is 7.62. The maximum Gasteiger partial charge on any atom is 0.176 e. The molecule has 2 aromatic carbocycles. The van der Waals surface area contributed by atoms with Gasteiger partial charge >= 0.3 is 0 Å². The van der Waals surface area contributed by atoms with Gasteiger partial charge in [0.05, 0.1) is 11.6 Å². The predicted octanol–water partition coefficient (Wildman–Crippen LogP) is 4.01. The number of phenolic OH excluding ortho intramolecular Hbond substituents is 1. The predicted molar refractivity (Wildman–Crippen MR) is 86.1 cm³/mol. The van der Waals surface area contributed by atoms with E-state index in [0.717, 1.165) is 11.6 Å². The Morgan fingerprint density at radius 1 is 1.26 bits per heavy atom. The fraction of sp³-hybridized carbons (Fsp3) is 0.294. The van der Waals surface area contributed by atoms with Crippen molar-refractivity contribution in [1.82, 2.24) is 0 Å². The molecule has 1 unspecified atom stereocenters. The average molecular weight is 342 g/mol. The van der Waals surface area contributed by atoms with Gasteiger partial charge in [-0.1, -0.05) is 17.7 Å². The van der Waals surface area contributed by atoms with E-state index < -0.39 is 11.6 Å². The number of aromatic hydroxyl groups is 1. The topological polar surface area (TPSA) is 55.5 Å². The summed E-state index contributed by atoms with van der Waals surface area (Å²) in [5, 5.41) is 10.0. The molecule has 0 heterocycles. The highest BCUT2D eigenvalue weighted by molar-refractivity contribution is 6.32. The van der Waals surface area contributed by atoms with Crippen molar-refractivity contribution in [1.29, 1.82) is 0 Å². The van der Waals surface area contributed by atoms with Crippen LogP contribution in [0.15, 0.2) is 30.3 Å². The molecular formula is C17H18ClF2NO2. The van der Waals surface area contributed by atoms with Gasteiger partial charge in [0, 0.05) is 12.0 Å². The van der Waals surface area contributed by atoms with Gasteiger partial charge in [0.1, 0.15) is 11.6 Å². The van der Waals surface area contributed by atoms with Crippen molar-refractivity contribution in [2.45, 2.75) is 19.3 Å². The number of rotatable bonds is 6. The van der Waals surface area contributed by atoms with Gasteiger partial charge in [-0.2, -0.15) is 0 Å². The molecule has 0 fully saturated rings. The summed E-state index contributed by atoms with van der Waals surface area (Å²) in [5.41, 5.74) is 6.84. The van der Waals surface area contributed by atoms with Gasteiger partial charge in [0.15, 0.2) is 11.5 Å². The number of halogens is 3. The average Bonchev–Trinajstić information content (AvgIpc) is 2.50. The summed E-state index contributed by atoms with van der Waals surface area (Å²) < 4.78 is 32.3. The Balaban J connectivity index is 2.31. The molecule has 3 nitrogen and oxygen atoms in total. The lowest BCUT2D eigenvalue weighted by atomic mass is 9.91. The monoisotopic (exact) mass is 341 g/mol. The van der Waals surface area contributed by atoms with Gasteiger partial charge in [0.25, 0.3) is 0 Å². The normalized spacial score (nSPS) is 12.2. The number of ether oxygens (including phenoxy) is 1. The Labute approximate surface area is 138 Å². The molecule has 0 spiro atoms. The summed E-state index contributed by atoms with van der Waals surface area (Å²) in [4.78, 5) is 0. The maximum absolute atomic E-state index is 13.9. The molecule has 0 saturated carbocycles. The summed E-state index contributed by atoms with van der Waals surface area (Å²) >= 11 is 5.99. The first-order valence-corrected chi connectivity index (χ1v) is 7.63. The second-order valence-electron chi connectivity index (χ2n) is 5.16. The fourth-order valence-electron chi connectivity index (χ4n) is 2.45. The summed E-state index contributed by atoms with van der Waals surface area (Å²) in [7, 11) is 0. The number of benzene rings is 2. The van der Waals surface area contributed by atoms with Gasteiger partial charge in [0.2, 0.25) is 0 Å². The standard InChI is InChI=1S/C17H18ClF2NO2/c1-2-23-16-7-10(6-14(18)17(16)22)5-11(9-21)13-4-3-12(19)8-15(13)20/h3-4,6-8,11,22H,2,5,9,21H2,1H3. The Bertz CT molecular complexity index is 695. The summed E-state index contributed by atoms with van der Waals surface area (Å²) in [6.07, 6.45) is 0.388. The van der Waals surface area contributed by atoms with Crippen molar-refractivity contribution >= 4 is 11.6 Å². The second-order valence-corrected chi connectivity index (χ2v) is 5.57. The van der Waals surface area contributed by atoms with Crippen molar-refractivity contribution in [3.8, 4) is 11.5 Å². The third-order valence-corrected chi connectivity index (χ3v) is 3.85. The fourth-order valence-corrected chi connectivity index (χ4v) is 2.68. The number of hydrogen-bond donors (Lipinski definition) is 2. The molecule has 0 amide bonds.